The summed E-state index contributed by atoms with van der Waals surface area (Å²) in [5, 5.41) is 0. The lowest BCUT2D eigenvalue weighted by molar-refractivity contribution is 0.497. The van der Waals surface area contributed by atoms with Crippen molar-refractivity contribution in [2.24, 2.45) is 0 Å². The molecule has 0 saturated carbocycles. The van der Waals surface area contributed by atoms with Gasteiger partial charge in [0, 0.05) is 0 Å². The van der Waals surface area contributed by atoms with Crippen molar-refractivity contribution in [3.8, 4) is 0 Å². The molecule has 0 spiro atoms. The third-order valence-electron chi connectivity index (χ3n) is 2.52. The van der Waals surface area contributed by atoms with E-state index in [0.717, 1.165) is 18.2 Å². The molecule has 0 aliphatic rings. The fraction of sp³-hybridized carbons (Fsp3) is 0.250. The summed E-state index contributed by atoms with van der Waals surface area (Å²) in [6.07, 6.45) is 3.06. The highest BCUT2D eigenvalue weighted by molar-refractivity contribution is 4.88. The lowest BCUT2D eigenvalue weighted by Gasteiger charge is -2.10. The number of rotatable bonds is 6. The molecule has 1 heterocycles. The SMILES string of the molecule is O=c1n(C/C=C/F)c(=O)n(C/C=C/F)c(=O)n1C/C=C/F. The highest BCUT2D eigenvalue weighted by atomic mass is 19.1. The van der Waals surface area contributed by atoms with E-state index in [4.69, 9.17) is 0 Å². The van der Waals surface area contributed by atoms with Crippen LogP contribution in [0.3, 0.4) is 0 Å². The molecule has 1 aromatic heterocycles. The van der Waals surface area contributed by atoms with Crippen LogP contribution in [0.15, 0.2) is 51.6 Å². The molecule has 0 unspecified atom stereocenters. The van der Waals surface area contributed by atoms with Crippen LogP contribution < -0.4 is 17.1 Å². The maximum absolute atomic E-state index is 12.0. The Morgan fingerprint density at radius 1 is 0.619 bits per heavy atom. The largest absolute Gasteiger partial charge is 0.336 e. The fourth-order valence-electron chi connectivity index (χ4n) is 1.59. The van der Waals surface area contributed by atoms with Gasteiger partial charge in [0.1, 0.15) is 0 Å². The Labute approximate surface area is 116 Å². The minimum atomic E-state index is -1.01. The molecule has 0 fully saturated rings. The Morgan fingerprint density at radius 3 is 1.05 bits per heavy atom. The van der Waals surface area contributed by atoms with Gasteiger partial charge in [-0.3, -0.25) is 0 Å². The van der Waals surface area contributed by atoms with Crippen molar-refractivity contribution in [2.45, 2.75) is 19.6 Å². The van der Waals surface area contributed by atoms with E-state index in [9.17, 15) is 27.6 Å². The molecule has 0 saturated heterocycles. The van der Waals surface area contributed by atoms with E-state index in [1.54, 1.807) is 0 Å². The van der Waals surface area contributed by atoms with Crippen LogP contribution in [0.4, 0.5) is 13.2 Å². The van der Waals surface area contributed by atoms with Crippen LogP contribution in [0.1, 0.15) is 0 Å². The molecule has 0 aromatic carbocycles. The molecule has 0 radical (unpaired) electrons. The monoisotopic (exact) mass is 303 g/mol. The lowest BCUT2D eigenvalue weighted by atomic mass is 10.5. The van der Waals surface area contributed by atoms with Crippen LogP contribution >= 0.6 is 0 Å². The van der Waals surface area contributed by atoms with Crippen molar-refractivity contribution < 1.29 is 13.2 Å². The second-order valence-corrected chi connectivity index (χ2v) is 3.76. The third-order valence-corrected chi connectivity index (χ3v) is 2.52. The average Bonchev–Trinajstić information content (AvgIpc) is 2.47. The molecule has 0 amide bonds. The van der Waals surface area contributed by atoms with E-state index in [2.05, 4.69) is 0 Å². The van der Waals surface area contributed by atoms with E-state index in [1.165, 1.54) is 0 Å². The highest BCUT2D eigenvalue weighted by Gasteiger charge is 2.13. The minimum absolute atomic E-state index is 0.134. The van der Waals surface area contributed by atoms with Gasteiger partial charge < -0.3 is 0 Å². The molecular formula is C12H12F3N3O3. The van der Waals surface area contributed by atoms with Crippen LogP contribution in [0, 0.1) is 0 Å². The number of halogens is 3. The van der Waals surface area contributed by atoms with Gasteiger partial charge in [-0.05, 0) is 18.2 Å². The van der Waals surface area contributed by atoms with Crippen molar-refractivity contribution >= 4 is 0 Å². The molecule has 6 nitrogen and oxygen atoms in total. The smallest absolute Gasteiger partial charge is 0.247 e. The van der Waals surface area contributed by atoms with Crippen molar-refractivity contribution in [1.82, 2.24) is 13.7 Å². The van der Waals surface area contributed by atoms with Gasteiger partial charge in [0.05, 0.1) is 38.6 Å². The summed E-state index contributed by atoms with van der Waals surface area (Å²) < 4.78 is 37.8. The quantitative estimate of drug-likeness (QED) is 0.774. The molecule has 21 heavy (non-hydrogen) atoms. The van der Waals surface area contributed by atoms with Gasteiger partial charge in [0.15, 0.2) is 0 Å². The second kappa shape index (κ2) is 7.88. The maximum atomic E-state index is 12.0. The highest BCUT2D eigenvalue weighted by Crippen LogP contribution is 1.84. The fourth-order valence-corrected chi connectivity index (χ4v) is 1.59. The third kappa shape index (κ3) is 3.71. The molecule has 0 aliphatic heterocycles. The normalized spacial score (nSPS) is 12.1. The number of aromatic nitrogens is 3. The van der Waals surface area contributed by atoms with Gasteiger partial charge in [0.25, 0.3) is 0 Å². The van der Waals surface area contributed by atoms with E-state index >= 15 is 0 Å². The Morgan fingerprint density at radius 2 is 0.857 bits per heavy atom. The lowest BCUT2D eigenvalue weighted by Crippen LogP contribution is -2.54. The van der Waals surface area contributed by atoms with Crippen molar-refractivity contribution in [3.63, 3.8) is 0 Å². The van der Waals surface area contributed by atoms with Gasteiger partial charge in [-0.15, -0.1) is 0 Å². The van der Waals surface area contributed by atoms with E-state index in [-0.39, 0.29) is 19.0 Å². The molecule has 0 N–H and O–H groups in total. The molecule has 1 aromatic rings. The Balaban J connectivity index is 3.61. The molecule has 0 bridgehead atoms. The molecule has 1 rings (SSSR count). The summed E-state index contributed by atoms with van der Waals surface area (Å²) in [7, 11) is 0. The number of nitrogens with zero attached hydrogens (tertiary/aromatic N) is 3. The number of allylic oxidation sites excluding steroid dienone is 3. The summed E-state index contributed by atoms with van der Waals surface area (Å²) in [4.78, 5) is 35.9. The van der Waals surface area contributed by atoms with Crippen molar-refractivity contribution in [3.05, 3.63) is 68.7 Å². The van der Waals surface area contributed by atoms with Gasteiger partial charge in [-0.25, -0.2) is 41.3 Å². The summed E-state index contributed by atoms with van der Waals surface area (Å²) in [5.41, 5.74) is -3.04. The topological polar surface area (TPSA) is 66.0 Å². The predicted molar refractivity (Wildman–Crippen MR) is 70.0 cm³/mol. The summed E-state index contributed by atoms with van der Waals surface area (Å²) >= 11 is 0. The van der Waals surface area contributed by atoms with Gasteiger partial charge >= 0.3 is 17.1 Å². The molecule has 0 atom stereocenters. The van der Waals surface area contributed by atoms with E-state index in [0.29, 0.717) is 13.7 Å². The van der Waals surface area contributed by atoms with E-state index < -0.39 is 36.7 Å². The van der Waals surface area contributed by atoms with Crippen LogP contribution in [0.25, 0.3) is 0 Å². The van der Waals surface area contributed by atoms with Crippen molar-refractivity contribution in [2.75, 3.05) is 0 Å². The first-order chi connectivity index (χ1) is 10.1. The first kappa shape index (κ1) is 16.5. The Kier molecular flexibility index (Phi) is 6.18. The van der Waals surface area contributed by atoms with Crippen LogP contribution in [0.5, 0.6) is 0 Å². The molecule has 9 heteroatoms. The summed E-state index contributed by atoms with van der Waals surface area (Å²) in [5.74, 6) is 0. The zero-order chi connectivity index (χ0) is 15.8. The first-order valence-corrected chi connectivity index (χ1v) is 5.78. The maximum Gasteiger partial charge on any atom is 0.336 e. The standard InChI is InChI=1S/C12H12F3N3O3/c13-4-1-7-16-10(19)17(8-2-5-14)12(21)18(11(16)20)9-3-6-15/h1-6H,7-9H2/b4-1+,5-2+,6-3+. The second-order valence-electron chi connectivity index (χ2n) is 3.76. The zero-order valence-corrected chi connectivity index (χ0v) is 10.8. The Bertz CT molecular complexity index is 611. The van der Waals surface area contributed by atoms with Gasteiger partial charge in [-0.1, -0.05) is 0 Å². The summed E-state index contributed by atoms with van der Waals surface area (Å²) in [6.45, 7) is -1.23. The van der Waals surface area contributed by atoms with E-state index in [1.807, 2.05) is 0 Å². The molecule has 0 aliphatic carbocycles. The zero-order valence-electron chi connectivity index (χ0n) is 10.8. The van der Waals surface area contributed by atoms with Gasteiger partial charge in [0.2, 0.25) is 0 Å². The van der Waals surface area contributed by atoms with Crippen LogP contribution in [-0.4, -0.2) is 13.7 Å². The van der Waals surface area contributed by atoms with Crippen molar-refractivity contribution in [1.29, 1.82) is 0 Å². The van der Waals surface area contributed by atoms with Crippen LogP contribution in [-0.2, 0) is 19.6 Å². The molecule has 114 valence electrons. The summed E-state index contributed by atoms with van der Waals surface area (Å²) in [6, 6.07) is 0. The number of hydrogen-bond donors (Lipinski definition) is 0. The Hall–Kier alpha value is -2.58. The average molecular weight is 303 g/mol. The minimum Gasteiger partial charge on any atom is -0.247 e. The van der Waals surface area contributed by atoms with Crippen LogP contribution in [0.2, 0.25) is 0 Å². The number of hydrogen-bond acceptors (Lipinski definition) is 3. The first-order valence-electron chi connectivity index (χ1n) is 5.78. The van der Waals surface area contributed by atoms with Gasteiger partial charge in [-0.2, -0.15) is 0 Å². The molecular weight excluding hydrogens is 291 g/mol. The predicted octanol–water partition coefficient (Wildman–Crippen LogP) is 0.621.